The first kappa shape index (κ1) is 40.6. The standard InChI is InChI=1S/C21H42O4.2C3H8O3/c1-2-3-4-5-6-7-8-9-10-11-12-13-14-15-16-17-21(24)25-19-20(23)18-22;2*4-1-3(6)2-5/h20,22-23H,2-19H2,1H3;2*3-6H,1-2H2. The van der Waals surface area contributed by atoms with Crippen molar-refractivity contribution in [2.45, 2.75) is 128 Å². The van der Waals surface area contributed by atoms with Gasteiger partial charge in [-0.05, 0) is 6.42 Å². The zero-order valence-electron chi connectivity index (χ0n) is 23.2. The van der Waals surface area contributed by atoms with Crippen LogP contribution in [0.2, 0.25) is 0 Å². The van der Waals surface area contributed by atoms with Gasteiger partial charge in [0.1, 0.15) is 24.9 Å². The van der Waals surface area contributed by atoms with E-state index in [2.05, 4.69) is 6.92 Å². The van der Waals surface area contributed by atoms with E-state index >= 15 is 0 Å². The molecule has 10 heteroatoms. The zero-order valence-corrected chi connectivity index (χ0v) is 23.2. The van der Waals surface area contributed by atoms with Crippen LogP contribution in [0.1, 0.15) is 110 Å². The van der Waals surface area contributed by atoms with Crippen LogP contribution in [0.25, 0.3) is 0 Å². The third-order valence-corrected chi connectivity index (χ3v) is 5.47. The van der Waals surface area contributed by atoms with Crippen molar-refractivity contribution in [3.63, 3.8) is 0 Å². The minimum absolute atomic E-state index is 0.103. The minimum atomic E-state index is -0.954. The van der Waals surface area contributed by atoms with Crippen molar-refractivity contribution in [2.75, 3.05) is 39.6 Å². The second-order valence-electron chi connectivity index (χ2n) is 9.26. The molecule has 1 unspecified atom stereocenters. The molecule has 37 heavy (non-hydrogen) atoms. The molecule has 0 aromatic rings. The summed E-state index contributed by atoms with van der Waals surface area (Å²) >= 11 is 0. The summed E-state index contributed by atoms with van der Waals surface area (Å²) in [4.78, 5) is 11.4. The van der Waals surface area contributed by atoms with Crippen LogP contribution >= 0.6 is 0 Å². The summed E-state index contributed by atoms with van der Waals surface area (Å²) in [6.45, 7) is 0.335. The molecule has 0 rings (SSSR count). The van der Waals surface area contributed by atoms with Gasteiger partial charge in [0.25, 0.3) is 0 Å². The molecule has 0 spiro atoms. The summed E-state index contributed by atoms with van der Waals surface area (Å²) in [7, 11) is 0. The van der Waals surface area contributed by atoms with Gasteiger partial charge in [0, 0.05) is 6.42 Å². The van der Waals surface area contributed by atoms with E-state index in [0.717, 1.165) is 12.8 Å². The highest BCUT2D eigenvalue weighted by Crippen LogP contribution is 2.13. The number of rotatable bonds is 23. The average Bonchev–Trinajstić information content (AvgIpc) is 2.93. The van der Waals surface area contributed by atoms with E-state index in [4.69, 9.17) is 45.6 Å². The topological polar surface area (TPSA) is 188 Å². The summed E-state index contributed by atoms with van der Waals surface area (Å²) in [6.07, 6.45) is 17.1. The molecule has 0 bridgehead atoms. The van der Waals surface area contributed by atoms with Crippen molar-refractivity contribution in [3.8, 4) is 0 Å². The van der Waals surface area contributed by atoms with E-state index in [-0.39, 0.29) is 45.6 Å². The van der Waals surface area contributed by atoms with Crippen LogP contribution in [0.15, 0.2) is 0 Å². The quantitative estimate of drug-likeness (QED) is 0.0698. The lowest BCUT2D eigenvalue weighted by Crippen LogP contribution is -2.21. The fraction of sp³-hybridized carbons (Fsp3) is 0.963. The number of aliphatic hydroxyl groups excluding tert-OH is 8. The summed E-state index contributed by atoms with van der Waals surface area (Å²) < 4.78 is 4.86. The predicted octanol–water partition coefficient (Wildman–Crippen LogP) is 1.81. The van der Waals surface area contributed by atoms with Crippen LogP contribution < -0.4 is 0 Å². The SMILES string of the molecule is CCCCCCCCCCCCCCCCCC(=O)OCC(O)CO.OCC(O)CO.OCC(O)CO. The number of hydrogen-bond donors (Lipinski definition) is 8. The van der Waals surface area contributed by atoms with E-state index in [1.807, 2.05) is 0 Å². The van der Waals surface area contributed by atoms with Crippen molar-refractivity contribution in [3.05, 3.63) is 0 Å². The van der Waals surface area contributed by atoms with Crippen LogP contribution in [-0.2, 0) is 9.53 Å². The molecule has 0 amide bonds. The largest absolute Gasteiger partial charge is 0.463 e. The normalized spacial score (nSPS) is 11.5. The molecule has 0 saturated carbocycles. The highest BCUT2D eigenvalue weighted by Gasteiger charge is 2.07. The van der Waals surface area contributed by atoms with E-state index in [0.29, 0.717) is 6.42 Å². The lowest BCUT2D eigenvalue weighted by atomic mass is 10.0. The Bertz CT molecular complexity index is 408. The predicted molar refractivity (Wildman–Crippen MR) is 144 cm³/mol. The van der Waals surface area contributed by atoms with Crippen LogP contribution in [0.4, 0.5) is 0 Å². The Morgan fingerprint density at radius 2 is 0.811 bits per heavy atom. The first-order valence-corrected chi connectivity index (χ1v) is 14.1. The van der Waals surface area contributed by atoms with Crippen LogP contribution in [0.5, 0.6) is 0 Å². The molecule has 10 nitrogen and oxygen atoms in total. The minimum Gasteiger partial charge on any atom is -0.463 e. The third-order valence-electron chi connectivity index (χ3n) is 5.47. The number of ether oxygens (including phenoxy) is 1. The molecule has 8 N–H and O–H groups in total. The number of carbonyl (C=O) groups is 1. The van der Waals surface area contributed by atoms with Crippen LogP contribution in [0, 0.1) is 0 Å². The second-order valence-corrected chi connectivity index (χ2v) is 9.26. The van der Waals surface area contributed by atoms with Crippen LogP contribution in [0.3, 0.4) is 0 Å². The van der Waals surface area contributed by atoms with E-state index in [9.17, 15) is 4.79 Å². The molecular formula is C27H58O10. The summed E-state index contributed by atoms with van der Waals surface area (Å²) in [5, 5.41) is 65.7. The maximum atomic E-state index is 11.4. The summed E-state index contributed by atoms with van der Waals surface area (Å²) in [6, 6.07) is 0. The number of aliphatic hydroxyl groups is 8. The highest BCUT2D eigenvalue weighted by atomic mass is 16.5. The Morgan fingerprint density at radius 1 is 0.514 bits per heavy atom. The Kier molecular flexibility index (Phi) is 38.6. The molecule has 1 atom stereocenters. The van der Waals surface area contributed by atoms with Gasteiger partial charge < -0.3 is 45.6 Å². The monoisotopic (exact) mass is 542 g/mol. The number of carbonyl (C=O) groups excluding carboxylic acids is 1. The van der Waals surface area contributed by atoms with E-state index in [1.165, 1.54) is 83.5 Å². The lowest BCUT2D eigenvalue weighted by molar-refractivity contribution is -0.147. The first-order valence-electron chi connectivity index (χ1n) is 14.1. The molecule has 0 radical (unpaired) electrons. The van der Waals surface area contributed by atoms with Gasteiger partial charge in [0.15, 0.2) is 0 Å². The lowest BCUT2D eigenvalue weighted by Gasteiger charge is -2.08. The summed E-state index contributed by atoms with van der Waals surface area (Å²) in [5.74, 6) is -0.276. The second kappa shape index (κ2) is 35.2. The van der Waals surface area contributed by atoms with Crippen molar-refractivity contribution in [2.24, 2.45) is 0 Å². The maximum Gasteiger partial charge on any atom is 0.305 e. The van der Waals surface area contributed by atoms with Crippen molar-refractivity contribution in [1.29, 1.82) is 0 Å². The van der Waals surface area contributed by atoms with Gasteiger partial charge in [0.2, 0.25) is 0 Å². The Morgan fingerprint density at radius 3 is 1.08 bits per heavy atom. The molecular weight excluding hydrogens is 484 g/mol. The summed E-state index contributed by atoms with van der Waals surface area (Å²) in [5.41, 5.74) is 0. The zero-order chi connectivity index (χ0) is 28.6. The third kappa shape index (κ3) is 39.8. The Balaban J connectivity index is -0.000000790. The molecule has 0 heterocycles. The number of unbranched alkanes of at least 4 members (excludes halogenated alkanes) is 14. The molecule has 0 aliphatic rings. The molecule has 0 saturated heterocycles. The number of hydrogen-bond acceptors (Lipinski definition) is 10. The van der Waals surface area contributed by atoms with E-state index < -0.39 is 18.3 Å². The molecule has 0 aromatic heterocycles. The van der Waals surface area contributed by atoms with Gasteiger partial charge >= 0.3 is 5.97 Å². The molecule has 0 fully saturated rings. The Labute approximate surface area is 224 Å². The van der Waals surface area contributed by atoms with Gasteiger partial charge in [0.05, 0.1) is 33.0 Å². The van der Waals surface area contributed by atoms with Gasteiger partial charge in [-0.2, -0.15) is 0 Å². The van der Waals surface area contributed by atoms with Crippen LogP contribution in [-0.4, -0.2) is 105 Å². The molecule has 0 aliphatic carbocycles. The van der Waals surface area contributed by atoms with Crippen molar-refractivity contribution >= 4 is 5.97 Å². The smallest absolute Gasteiger partial charge is 0.305 e. The molecule has 226 valence electrons. The maximum absolute atomic E-state index is 11.4. The fourth-order valence-corrected chi connectivity index (χ4v) is 3.07. The fourth-order valence-electron chi connectivity index (χ4n) is 3.07. The van der Waals surface area contributed by atoms with Crippen molar-refractivity contribution in [1.82, 2.24) is 0 Å². The highest BCUT2D eigenvalue weighted by molar-refractivity contribution is 5.69. The van der Waals surface area contributed by atoms with Gasteiger partial charge in [-0.15, -0.1) is 0 Å². The average molecular weight is 543 g/mol. The Hall–Kier alpha value is -0.850. The van der Waals surface area contributed by atoms with Gasteiger partial charge in [-0.1, -0.05) is 96.8 Å². The van der Waals surface area contributed by atoms with Crippen molar-refractivity contribution < 1.29 is 50.4 Å². The molecule has 0 aromatic carbocycles. The van der Waals surface area contributed by atoms with Gasteiger partial charge in [-0.3, -0.25) is 4.79 Å². The van der Waals surface area contributed by atoms with Gasteiger partial charge in [-0.25, -0.2) is 0 Å². The molecule has 0 aliphatic heterocycles. The van der Waals surface area contributed by atoms with E-state index in [1.54, 1.807) is 0 Å². The number of esters is 1. The first-order chi connectivity index (χ1) is 17.8.